The summed E-state index contributed by atoms with van der Waals surface area (Å²) in [4.78, 5) is 11.2. The third-order valence-corrected chi connectivity index (χ3v) is 1.39. The molecule has 0 heterocycles. The van der Waals surface area contributed by atoms with Crippen molar-refractivity contribution < 1.29 is 9.53 Å². The molecule has 1 N–H and O–H groups in total. The van der Waals surface area contributed by atoms with E-state index >= 15 is 0 Å². The number of amides is 1. The average molecular weight is 197 g/mol. The molecule has 0 aromatic heterocycles. The maximum absolute atomic E-state index is 11.2. The van der Waals surface area contributed by atoms with Gasteiger partial charge in [-0.3, -0.25) is 4.79 Å². The monoisotopic (exact) mass is 197 g/mol. The summed E-state index contributed by atoms with van der Waals surface area (Å²) in [6.45, 7) is 8.25. The van der Waals surface area contributed by atoms with E-state index in [-0.39, 0.29) is 18.1 Å². The number of hydrogen-bond acceptors (Lipinski definition) is 2. The van der Waals surface area contributed by atoms with Gasteiger partial charge in [0.1, 0.15) is 6.61 Å². The fourth-order valence-corrected chi connectivity index (χ4v) is 0.723. The third kappa shape index (κ3) is 9.08. The molecule has 1 amide bonds. The lowest BCUT2D eigenvalue weighted by molar-refractivity contribution is -0.130. The van der Waals surface area contributed by atoms with Crippen LogP contribution in [0.2, 0.25) is 0 Å². The van der Waals surface area contributed by atoms with E-state index < -0.39 is 0 Å². The van der Waals surface area contributed by atoms with Crippen LogP contribution in [0.1, 0.15) is 34.1 Å². The van der Waals surface area contributed by atoms with Crippen LogP contribution in [0.5, 0.6) is 0 Å². The first-order valence-corrected chi connectivity index (χ1v) is 4.76. The highest BCUT2D eigenvalue weighted by Gasteiger charge is 2.12. The SMILES string of the molecule is CC#CCCNC(=O)COC(C)(C)C. The Morgan fingerprint density at radius 2 is 2.07 bits per heavy atom. The summed E-state index contributed by atoms with van der Waals surface area (Å²) in [5.41, 5.74) is -0.263. The number of carbonyl (C=O) groups excluding carboxylic acids is 1. The maximum Gasteiger partial charge on any atom is 0.246 e. The number of nitrogens with one attached hydrogen (secondary N) is 1. The molecule has 0 rings (SSSR count). The lowest BCUT2D eigenvalue weighted by atomic mass is 10.2. The molecule has 3 nitrogen and oxygen atoms in total. The topological polar surface area (TPSA) is 38.3 Å². The second-order valence-corrected chi connectivity index (χ2v) is 3.93. The van der Waals surface area contributed by atoms with Gasteiger partial charge in [-0.05, 0) is 27.7 Å². The van der Waals surface area contributed by atoms with Gasteiger partial charge in [-0.2, -0.15) is 0 Å². The van der Waals surface area contributed by atoms with Crippen LogP contribution in [0.3, 0.4) is 0 Å². The van der Waals surface area contributed by atoms with E-state index in [1.165, 1.54) is 0 Å². The molecule has 0 bridgehead atoms. The van der Waals surface area contributed by atoms with Crippen LogP contribution in [-0.2, 0) is 9.53 Å². The molecule has 0 aliphatic carbocycles. The fourth-order valence-electron chi connectivity index (χ4n) is 0.723. The van der Waals surface area contributed by atoms with Crippen LogP contribution >= 0.6 is 0 Å². The molecule has 0 saturated heterocycles. The molecule has 0 unspecified atom stereocenters. The normalized spacial score (nSPS) is 10.3. The summed E-state index contributed by atoms with van der Waals surface area (Å²) in [6.07, 6.45) is 0.692. The van der Waals surface area contributed by atoms with E-state index in [9.17, 15) is 4.79 Å². The van der Waals surface area contributed by atoms with Gasteiger partial charge >= 0.3 is 0 Å². The summed E-state index contributed by atoms with van der Waals surface area (Å²) < 4.78 is 5.30. The molecule has 0 aliphatic heterocycles. The Kier molecular flexibility index (Phi) is 5.98. The van der Waals surface area contributed by atoms with Gasteiger partial charge in [-0.25, -0.2) is 0 Å². The van der Waals surface area contributed by atoms with Crippen LogP contribution < -0.4 is 5.32 Å². The quantitative estimate of drug-likeness (QED) is 0.545. The van der Waals surface area contributed by atoms with Crippen LogP contribution in [0.25, 0.3) is 0 Å². The predicted molar refractivity (Wildman–Crippen MR) is 56.8 cm³/mol. The van der Waals surface area contributed by atoms with Crippen molar-refractivity contribution >= 4 is 5.91 Å². The minimum absolute atomic E-state index is 0.0853. The van der Waals surface area contributed by atoms with Crippen LogP contribution in [0.4, 0.5) is 0 Å². The van der Waals surface area contributed by atoms with E-state index in [0.717, 1.165) is 0 Å². The Morgan fingerprint density at radius 1 is 1.43 bits per heavy atom. The summed E-state index contributed by atoms with van der Waals surface area (Å²) in [5, 5.41) is 2.72. The number of carbonyl (C=O) groups is 1. The Hall–Kier alpha value is -1.01. The van der Waals surface area contributed by atoms with Gasteiger partial charge in [0, 0.05) is 13.0 Å². The summed E-state index contributed by atoms with van der Waals surface area (Å²) in [6, 6.07) is 0. The Balaban J connectivity index is 3.50. The second kappa shape index (κ2) is 6.44. The van der Waals surface area contributed by atoms with Crippen LogP contribution in [0, 0.1) is 11.8 Å². The number of hydrogen-bond donors (Lipinski definition) is 1. The van der Waals surface area contributed by atoms with E-state index in [2.05, 4.69) is 17.2 Å². The molecule has 0 radical (unpaired) electrons. The Morgan fingerprint density at radius 3 is 2.57 bits per heavy atom. The van der Waals surface area contributed by atoms with E-state index in [1.807, 2.05) is 20.8 Å². The molecule has 3 heteroatoms. The van der Waals surface area contributed by atoms with E-state index in [0.29, 0.717) is 13.0 Å². The van der Waals surface area contributed by atoms with Gasteiger partial charge in [-0.15, -0.1) is 11.8 Å². The molecular weight excluding hydrogens is 178 g/mol. The van der Waals surface area contributed by atoms with Crippen molar-refractivity contribution in [2.75, 3.05) is 13.2 Å². The van der Waals surface area contributed by atoms with Crippen molar-refractivity contribution in [3.05, 3.63) is 0 Å². The van der Waals surface area contributed by atoms with Crippen LogP contribution in [-0.4, -0.2) is 24.7 Å². The lowest BCUT2D eigenvalue weighted by Crippen LogP contribution is -2.32. The van der Waals surface area contributed by atoms with Gasteiger partial charge < -0.3 is 10.1 Å². The first-order chi connectivity index (χ1) is 6.45. The lowest BCUT2D eigenvalue weighted by Gasteiger charge is -2.18. The van der Waals surface area contributed by atoms with Crippen molar-refractivity contribution in [1.29, 1.82) is 0 Å². The molecule has 14 heavy (non-hydrogen) atoms. The van der Waals surface area contributed by atoms with Gasteiger partial charge in [0.15, 0.2) is 0 Å². The van der Waals surface area contributed by atoms with E-state index in [1.54, 1.807) is 6.92 Å². The number of rotatable bonds is 4. The minimum Gasteiger partial charge on any atom is -0.366 e. The highest BCUT2D eigenvalue weighted by Crippen LogP contribution is 2.05. The molecule has 0 aromatic carbocycles. The first-order valence-electron chi connectivity index (χ1n) is 4.76. The first kappa shape index (κ1) is 13.0. The maximum atomic E-state index is 11.2. The summed E-state index contributed by atoms with van der Waals surface area (Å²) in [5.74, 6) is 5.55. The number of ether oxygens (including phenoxy) is 1. The minimum atomic E-state index is -0.263. The molecular formula is C11H19NO2. The standard InChI is InChI=1S/C11H19NO2/c1-5-6-7-8-12-10(13)9-14-11(2,3)4/h7-9H2,1-4H3,(H,12,13). The zero-order chi connectivity index (χ0) is 11.0. The predicted octanol–water partition coefficient (Wildman–Crippen LogP) is 1.33. The highest BCUT2D eigenvalue weighted by atomic mass is 16.5. The average Bonchev–Trinajstić information content (AvgIpc) is 2.08. The largest absolute Gasteiger partial charge is 0.366 e. The fraction of sp³-hybridized carbons (Fsp3) is 0.727. The van der Waals surface area contributed by atoms with Crippen molar-refractivity contribution in [2.45, 2.75) is 39.7 Å². The summed E-state index contributed by atoms with van der Waals surface area (Å²) in [7, 11) is 0. The van der Waals surface area contributed by atoms with Gasteiger partial charge in [-0.1, -0.05) is 0 Å². The van der Waals surface area contributed by atoms with Crippen molar-refractivity contribution in [1.82, 2.24) is 5.32 Å². The zero-order valence-corrected chi connectivity index (χ0v) is 9.44. The third-order valence-electron chi connectivity index (χ3n) is 1.39. The molecule has 0 atom stereocenters. The molecule has 80 valence electrons. The summed E-state index contributed by atoms with van der Waals surface area (Å²) >= 11 is 0. The molecule has 0 aromatic rings. The molecule has 0 saturated carbocycles. The Labute approximate surface area is 86.2 Å². The smallest absolute Gasteiger partial charge is 0.246 e. The molecule has 0 fully saturated rings. The molecule has 0 aliphatic rings. The van der Waals surface area contributed by atoms with Crippen LogP contribution in [0.15, 0.2) is 0 Å². The van der Waals surface area contributed by atoms with Gasteiger partial charge in [0.2, 0.25) is 5.91 Å². The van der Waals surface area contributed by atoms with Crippen molar-refractivity contribution in [2.24, 2.45) is 0 Å². The highest BCUT2D eigenvalue weighted by molar-refractivity contribution is 5.77. The van der Waals surface area contributed by atoms with Gasteiger partial charge in [0.25, 0.3) is 0 Å². The van der Waals surface area contributed by atoms with Crippen molar-refractivity contribution in [3.8, 4) is 11.8 Å². The second-order valence-electron chi connectivity index (χ2n) is 3.93. The van der Waals surface area contributed by atoms with Gasteiger partial charge in [0.05, 0.1) is 5.60 Å². The van der Waals surface area contributed by atoms with E-state index in [4.69, 9.17) is 4.74 Å². The zero-order valence-electron chi connectivity index (χ0n) is 9.44. The Bertz CT molecular complexity index is 230. The van der Waals surface area contributed by atoms with Crippen molar-refractivity contribution in [3.63, 3.8) is 0 Å². The molecule has 0 spiro atoms.